The molecule has 0 atom stereocenters. The van der Waals surface area contributed by atoms with E-state index in [4.69, 9.17) is 14.9 Å². The first-order chi connectivity index (χ1) is 10.6. The molecule has 0 saturated carbocycles. The standard InChI is InChI=1S/C14H17N3O5/c18-7-11(8-19)22-9-17-14(21)15-13(20)12(16-17)6-10-4-2-1-3-5-10/h1-5,11,18-19H,6-9H2,(H,15,20,21). The van der Waals surface area contributed by atoms with Gasteiger partial charge in [-0.25, -0.2) is 4.79 Å². The SMILES string of the molecule is O=c1[nH]c(=O)n(COC(CO)CO)nc1Cc1ccccc1. The van der Waals surface area contributed by atoms with Gasteiger partial charge < -0.3 is 14.9 Å². The molecule has 0 amide bonds. The minimum atomic E-state index is -0.807. The number of rotatable bonds is 7. The number of H-pyrrole nitrogens is 1. The molecule has 3 N–H and O–H groups in total. The molecule has 0 fully saturated rings. The van der Waals surface area contributed by atoms with Crippen LogP contribution in [0.2, 0.25) is 0 Å². The van der Waals surface area contributed by atoms with Crippen molar-refractivity contribution in [2.45, 2.75) is 19.3 Å². The van der Waals surface area contributed by atoms with Crippen LogP contribution >= 0.6 is 0 Å². The van der Waals surface area contributed by atoms with E-state index in [9.17, 15) is 9.59 Å². The van der Waals surface area contributed by atoms with Crippen LogP contribution in [-0.2, 0) is 17.9 Å². The third kappa shape index (κ3) is 4.10. The number of nitrogens with one attached hydrogen (secondary N) is 1. The molecule has 0 saturated heterocycles. The van der Waals surface area contributed by atoms with E-state index in [1.54, 1.807) is 0 Å². The molecule has 1 heterocycles. The largest absolute Gasteiger partial charge is 0.394 e. The third-order valence-electron chi connectivity index (χ3n) is 3.01. The van der Waals surface area contributed by atoms with Gasteiger partial charge in [-0.2, -0.15) is 9.78 Å². The Bertz CT molecular complexity index is 706. The second-order valence-electron chi connectivity index (χ2n) is 4.65. The number of benzene rings is 1. The molecule has 0 unspecified atom stereocenters. The van der Waals surface area contributed by atoms with Gasteiger partial charge >= 0.3 is 5.69 Å². The fraction of sp³-hybridized carbons (Fsp3) is 0.357. The minimum absolute atomic E-state index is 0.180. The smallest absolute Gasteiger partial charge is 0.346 e. The van der Waals surface area contributed by atoms with E-state index in [1.807, 2.05) is 30.3 Å². The molecule has 0 spiro atoms. The summed E-state index contributed by atoms with van der Waals surface area (Å²) in [5.41, 5.74) is -0.198. The topological polar surface area (TPSA) is 117 Å². The minimum Gasteiger partial charge on any atom is -0.394 e. The quantitative estimate of drug-likeness (QED) is 0.594. The fourth-order valence-electron chi connectivity index (χ4n) is 1.80. The van der Waals surface area contributed by atoms with Crippen LogP contribution in [0.1, 0.15) is 11.3 Å². The summed E-state index contributed by atoms with van der Waals surface area (Å²) >= 11 is 0. The summed E-state index contributed by atoms with van der Waals surface area (Å²) in [6.07, 6.45) is -0.530. The highest BCUT2D eigenvalue weighted by atomic mass is 16.5. The zero-order valence-electron chi connectivity index (χ0n) is 11.8. The van der Waals surface area contributed by atoms with Crippen molar-refractivity contribution in [2.75, 3.05) is 13.2 Å². The third-order valence-corrected chi connectivity index (χ3v) is 3.01. The monoisotopic (exact) mass is 307 g/mol. The number of aromatic nitrogens is 3. The summed E-state index contributed by atoms with van der Waals surface area (Å²) in [5, 5.41) is 21.8. The van der Waals surface area contributed by atoms with E-state index >= 15 is 0 Å². The molecule has 1 aromatic carbocycles. The van der Waals surface area contributed by atoms with E-state index in [-0.39, 0.29) is 32.1 Å². The zero-order valence-corrected chi connectivity index (χ0v) is 11.8. The maximum Gasteiger partial charge on any atom is 0.346 e. The van der Waals surface area contributed by atoms with Crippen LogP contribution in [0.25, 0.3) is 0 Å². The summed E-state index contributed by atoms with van der Waals surface area (Å²) in [4.78, 5) is 25.6. The van der Waals surface area contributed by atoms with E-state index in [2.05, 4.69) is 10.1 Å². The molecule has 0 radical (unpaired) electrons. The summed E-state index contributed by atoms with van der Waals surface area (Å²) in [7, 11) is 0. The van der Waals surface area contributed by atoms with Gasteiger partial charge in [0.1, 0.15) is 18.5 Å². The van der Waals surface area contributed by atoms with Gasteiger partial charge in [-0.3, -0.25) is 9.78 Å². The lowest BCUT2D eigenvalue weighted by Gasteiger charge is -2.13. The van der Waals surface area contributed by atoms with Crippen LogP contribution in [-0.4, -0.2) is 44.3 Å². The molecule has 2 aromatic rings. The number of aliphatic hydroxyl groups excluding tert-OH is 2. The van der Waals surface area contributed by atoms with Gasteiger partial charge in [0.05, 0.1) is 13.2 Å². The van der Waals surface area contributed by atoms with Crippen LogP contribution in [0, 0.1) is 0 Å². The second kappa shape index (κ2) is 7.64. The Morgan fingerprint density at radius 2 is 1.86 bits per heavy atom. The Balaban J connectivity index is 2.20. The van der Waals surface area contributed by atoms with Crippen LogP contribution in [0.5, 0.6) is 0 Å². The lowest BCUT2D eigenvalue weighted by atomic mass is 10.1. The first-order valence-corrected chi connectivity index (χ1v) is 6.71. The maximum absolute atomic E-state index is 11.8. The average molecular weight is 307 g/mol. The zero-order chi connectivity index (χ0) is 15.9. The highest BCUT2D eigenvalue weighted by Gasteiger charge is 2.10. The normalized spacial score (nSPS) is 11.0. The lowest BCUT2D eigenvalue weighted by molar-refractivity contribution is -0.0556. The molecule has 0 aliphatic carbocycles. The molecular formula is C14H17N3O5. The molecule has 8 nitrogen and oxygen atoms in total. The Labute approximate surface area is 125 Å². The predicted octanol–water partition coefficient (Wildman–Crippen LogP) is -1.15. The number of hydrogen-bond donors (Lipinski definition) is 3. The highest BCUT2D eigenvalue weighted by molar-refractivity contribution is 5.19. The Morgan fingerprint density at radius 3 is 2.50 bits per heavy atom. The van der Waals surface area contributed by atoms with Crippen molar-refractivity contribution in [3.8, 4) is 0 Å². The van der Waals surface area contributed by atoms with Crippen molar-refractivity contribution in [3.63, 3.8) is 0 Å². The van der Waals surface area contributed by atoms with Gasteiger partial charge in [0, 0.05) is 6.42 Å². The molecule has 0 bridgehead atoms. The van der Waals surface area contributed by atoms with E-state index < -0.39 is 17.4 Å². The highest BCUT2D eigenvalue weighted by Crippen LogP contribution is 2.02. The van der Waals surface area contributed by atoms with Crippen molar-refractivity contribution < 1.29 is 14.9 Å². The fourth-order valence-corrected chi connectivity index (χ4v) is 1.80. The average Bonchev–Trinajstić information content (AvgIpc) is 2.53. The number of ether oxygens (including phenoxy) is 1. The van der Waals surface area contributed by atoms with Crippen molar-refractivity contribution >= 4 is 0 Å². The predicted molar refractivity (Wildman–Crippen MR) is 77.4 cm³/mol. The number of hydrogen-bond acceptors (Lipinski definition) is 6. The van der Waals surface area contributed by atoms with E-state index in [0.717, 1.165) is 10.2 Å². The molecule has 118 valence electrons. The maximum atomic E-state index is 11.8. The molecule has 0 aliphatic heterocycles. The molecule has 0 aliphatic rings. The van der Waals surface area contributed by atoms with Crippen molar-refractivity contribution in [1.82, 2.24) is 14.8 Å². The van der Waals surface area contributed by atoms with Gasteiger partial charge in [0.2, 0.25) is 0 Å². The first-order valence-electron chi connectivity index (χ1n) is 6.71. The van der Waals surface area contributed by atoms with Gasteiger partial charge in [-0.1, -0.05) is 30.3 Å². The molecule has 1 aromatic heterocycles. The van der Waals surface area contributed by atoms with Crippen LogP contribution in [0.3, 0.4) is 0 Å². The van der Waals surface area contributed by atoms with Gasteiger partial charge in [0.15, 0.2) is 0 Å². The lowest BCUT2D eigenvalue weighted by Crippen LogP contribution is -2.37. The molecule has 2 rings (SSSR count). The summed E-state index contributed by atoms with van der Waals surface area (Å²) in [6, 6.07) is 9.24. The van der Waals surface area contributed by atoms with E-state index in [1.165, 1.54) is 0 Å². The second-order valence-corrected chi connectivity index (χ2v) is 4.65. The molecular weight excluding hydrogens is 290 g/mol. The van der Waals surface area contributed by atoms with Crippen molar-refractivity contribution in [3.05, 3.63) is 62.4 Å². The molecule has 8 heteroatoms. The first kappa shape index (κ1) is 16.1. The van der Waals surface area contributed by atoms with Gasteiger partial charge in [0.25, 0.3) is 5.56 Å². The number of aliphatic hydroxyl groups is 2. The van der Waals surface area contributed by atoms with Crippen molar-refractivity contribution in [1.29, 1.82) is 0 Å². The van der Waals surface area contributed by atoms with Gasteiger partial charge in [-0.05, 0) is 5.56 Å². The Hall–Kier alpha value is -2.29. The van der Waals surface area contributed by atoms with Crippen LogP contribution in [0.4, 0.5) is 0 Å². The van der Waals surface area contributed by atoms with Crippen molar-refractivity contribution in [2.24, 2.45) is 0 Å². The Kier molecular flexibility index (Phi) is 5.59. The van der Waals surface area contributed by atoms with Gasteiger partial charge in [-0.15, -0.1) is 0 Å². The number of nitrogens with zero attached hydrogens (tertiary/aromatic N) is 2. The Morgan fingerprint density at radius 1 is 1.18 bits per heavy atom. The summed E-state index contributed by atoms with van der Waals surface area (Å²) in [6.45, 7) is -1.04. The summed E-state index contributed by atoms with van der Waals surface area (Å²) in [5.74, 6) is 0. The van der Waals surface area contributed by atoms with Crippen LogP contribution < -0.4 is 11.2 Å². The van der Waals surface area contributed by atoms with Crippen LogP contribution in [0.15, 0.2) is 39.9 Å². The molecule has 22 heavy (non-hydrogen) atoms. The number of aromatic amines is 1. The summed E-state index contributed by atoms with van der Waals surface area (Å²) < 4.78 is 6.07. The van der Waals surface area contributed by atoms with E-state index in [0.29, 0.717) is 0 Å².